The molecule has 3 nitrogen and oxygen atoms in total. The van der Waals surface area contributed by atoms with Crippen molar-refractivity contribution < 1.29 is 18.0 Å². The predicted molar refractivity (Wildman–Crippen MR) is 74.7 cm³/mol. The fourth-order valence-electron chi connectivity index (χ4n) is 3.46. The summed E-state index contributed by atoms with van der Waals surface area (Å²) in [6.07, 6.45) is -1.08. The van der Waals surface area contributed by atoms with Gasteiger partial charge in [0.15, 0.2) is 0 Å². The Kier molecular flexibility index (Phi) is 5.52. The highest BCUT2D eigenvalue weighted by atomic mass is 19.4. The molecule has 2 atom stereocenters. The van der Waals surface area contributed by atoms with E-state index in [1.54, 1.807) is 0 Å². The van der Waals surface area contributed by atoms with Crippen molar-refractivity contribution in [3.8, 4) is 0 Å². The molecule has 6 heteroatoms. The average molecular weight is 306 g/mol. The summed E-state index contributed by atoms with van der Waals surface area (Å²) >= 11 is 0. The lowest BCUT2D eigenvalue weighted by Gasteiger charge is -2.35. The normalized spacial score (nSPS) is 26.7. The smallest absolute Gasteiger partial charge is 0.342 e. The number of likely N-dealkylation sites (tertiary alicyclic amines) is 1. The molecule has 21 heavy (non-hydrogen) atoms. The first-order valence-corrected chi connectivity index (χ1v) is 7.93. The number of rotatable bonds is 3. The van der Waals surface area contributed by atoms with Gasteiger partial charge in [-0.3, -0.25) is 4.79 Å². The zero-order valence-electron chi connectivity index (χ0n) is 12.6. The Hall–Kier alpha value is -0.780. The molecule has 2 aliphatic rings. The van der Waals surface area contributed by atoms with Crippen LogP contribution in [0.4, 0.5) is 13.2 Å². The highest BCUT2D eigenvalue weighted by Gasteiger charge is 2.42. The van der Waals surface area contributed by atoms with E-state index in [-0.39, 0.29) is 24.8 Å². The van der Waals surface area contributed by atoms with Crippen LogP contribution in [0.3, 0.4) is 0 Å². The minimum Gasteiger partial charge on any atom is -0.342 e. The highest BCUT2D eigenvalue weighted by molar-refractivity contribution is 5.76. The molecule has 0 bridgehead atoms. The van der Waals surface area contributed by atoms with E-state index in [1.165, 1.54) is 4.90 Å². The van der Waals surface area contributed by atoms with Crippen molar-refractivity contribution in [2.45, 2.75) is 45.2 Å². The standard InChI is InChI=1S/C15H25F3N2O/c1-11(12-4-6-19-7-5-12)9-14(21)20-8-2-3-13(10-20)15(16,17)18/h11-13,19H,2-10H2,1H3. The van der Waals surface area contributed by atoms with Gasteiger partial charge in [-0.25, -0.2) is 0 Å². The molecule has 0 saturated carbocycles. The Morgan fingerprint density at radius 2 is 1.95 bits per heavy atom. The molecule has 0 spiro atoms. The molecule has 2 aliphatic heterocycles. The van der Waals surface area contributed by atoms with Crippen LogP contribution in [0.15, 0.2) is 0 Å². The monoisotopic (exact) mass is 306 g/mol. The lowest BCUT2D eigenvalue weighted by molar-refractivity contribution is -0.188. The van der Waals surface area contributed by atoms with Crippen molar-refractivity contribution in [3.05, 3.63) is 0 Å². The molecule has 1 amide bonds. The first-order valence-electron chi connectivity index (χ1n) is 7.93. The molecule has 0 radical (unpaired) electrons. The molecule has 0 aromatic carbocycles. The second-order valence-electron chi connectivity index (χ2n) is 6.49. The zero-order valence-corrected chi connectivity index (χ0v) is 12.6. The average Bonchev–Trinajstić information content (AvgIpc) is 2.47. The van der Waals surface area contributed by atoms with Crippen molar-refractivity contribution >= 4 is 5.91 Å². The molecule has 2 heterocycles. The Morgan fingerprint density at radius 1 is 1.29 bits per heavy atom. The van der Waals surface area contributed by atoms with Gasteiger partial charge in [0.25, 0.3) is 0 Å². The fraction of sp³-hybridized carbons (Fsp3) is 0.933. The highest BCUT2D eigenvalue weighted by Crippen LogP contribution is 2.34. The summed E-state index contributed by atoms with van der Waals surface area (Å²) in [5.41, 5.74) is 0. The van der Waals surface area contributed by atoms with Crippen LogP contribution < -0.4 is 5.32 Å². The number of nitrogens with one attached hydrogen (secondary N) is 1. The van der Waals surface area contributed by atoms with Gasteiger partial charge in [0.05, 0.1) is 5.92 Å². The van der Waals surface area contributed by atoms with Gasteiger partial charge in [0.1, 0.15) is 0 Å². The molecule has 2 fully saturated rings. The van der Waals surface area contributed by atoms with E-state index in [9.17, 15) is 18.0 Å². The maximum atomic E-state index is 12.8. The predicted octanol–water partition coefficient (Wildman–Crippen LogP) is 2.81. The van der Waals surface area contributed by atoms with E-state index in [2.05, 4.69) is 12.2 Å². The summed E-state index contributed by atoms with van der Waals surface area (Å²) < 4.78 is 38.4. The second kappa shape index (κ2) is 6.99. The SMILES string of the molecule is CC(CC(=O)N1CCCC(C(F)(F)F)C1)C1CCNCC1. The van der Waals surface area contributed by atoms with Gasteiger partial charge in [0, 0.05) is 19.5 Å². The third kappa shape index (κ3) is 4.59. The summed E-state index contributed by atoms with van der Waals surface area (Å²) in [4.78, 5) is 13.7. The number of halogens is 3. The summed E-state index contributed by atoms with van der Waals surface area (Å²) in [6, 6.07) is 0. The van der Waals surface area contributed by atoms with Gasteiger partial charge in [-0.05, 0) is 50.6 Å². The number of alkyl halides is 3. The molecule has 0 aromatic rings. The van der Waals surface area contributed by atoms with Crippen molar-refractivity contribution in [3.63, 3.8) is 0 Å². The lowest BCUT2D eigenvalue weighted by Crippen LogP contribution is -2.45. The largest absolute Gasteiger partial charge is 0.393 e. The van der Waals surface area contributed by atoms with Crippen molar-refractivity contribution in [2.24, 2.45) is 17.8 Å². The van der Waals surface area contributed by atoms with Crippen LogP contribution in [0.5, 0.6) is 0 Å². The van der Waals surface area contributed by atoms with Crippen LogP contribution in [0.1, 0.15) is 39.0 Å². The van der Waals surface area contributed by atoms with Crippen LogP contribution in [0.25, 0.3) is 0 Å². The number of nitrogens with zero attached hydrogens (tertiary/aromatic N) is 1. The molecule has 0 aliphatic carbocycles. The van der Waals surface area contributed by atoms with Gasteiger partial charge in [-0.2, -0.15) is 13.2 Å². The maximum Gasteiger partial charge on any atom is 0.393 e. The first-order chi connectivity index (χ1) is 9.88. The molecule has 0 aromatic heterocycles. The van der Waals surface area contributed by atoms with E-state index in [4.69, 9.17) is 0 Å². The minimum atomic E-state index is -4.18. The van der Waals surface area contributed by atoms with E-state index in [0.29, 0.717) is 25.3 Å². The molecule has 1 N–H and O–H groups in total. The number of carbonyl (C=O) groups excluding carboxylic acids is 1. The summed E-state index contributed by atoms with van der Waals surface area (Å²) in [5.74, 6) is -0.677. The van der Waals surface area contributed by atoms with Crippen molar-refractivity contribution in [2.75, 3.05) is 26.2 Å². The molecular formula is C15H25F3N2O. The molecule has 2 rings (SSSR count). The number of hydrogen-bond acceptors (Lipinski definition) is 2. The van der Waals surface area contributed by atoms with Crippen LogP contribution >= 0.6 is 0 Å². The summed E-state index contributed by atoms with van der Waals surface area (Å²) in [6.45, 7) is 4.33. The van der Waals surface area contributed by atoms with Crippen LogP contribution in [0, 0.1) is 17.8 Å². The Labute approximate surface area is 124 Å². The van der Waals surface area contributed by atoms with Crippen LogP contribution in [-0.2, 0) is 4.79 Å². The molecule has 2 unspecified atom stereocenters. The Morgan fingerprint density at radius 3 is 2.57 bits per heavy atom. The van der Waals surface area contributed by atoms with E-state index in [0.717, 1.165) is 25.9 Å². The molecular weight excluding hydrogens is 281 g/mol. The maximum absolute atomic E-state index is 12.8. The van der Waals surface area contributed by atoms with Gasteiger partial charge in [-0.15, -0.1) is 0 Å². The molecule has 122 valence electrons. The minimum absolute atomic E-state index is 0.102. The van der Waals surface area contributed by atoms with E-state index in [1.807, 2.05) is 0 Å². The van der Waals surface area contributed by atoms with Crippen LogP contribution in [0.2, 0.25) is 0 Å². The number of carbonyl (C=O) groups is 1. The second-order valence-corrected chi connectivity index (χ2v) is 6.49. The van der Waals surface area contributed by atoms with Gasteiger partial charge in [0.2, 0.25) is 5.91 Å². The third-order valence-electron chi connectivity index (χ3n) is 4.92. The van der Waals surface area contributed by atoms with Crippen LogP contribution in [-0.4, -0.2) is 43.2 Å². The van der Waals surface area contributed by atoms with Crippen molar-refractivity contribution in [1.29, 1.82) is 0 Å². The van der Waals surface area contributed by atoms with Crippen molar-refractivity contribution in [1.82, 2.24) is 10.2 Å². The Bertz CT molecular complexity index is 353. The lowest BCUT2D eigenvalue weighted by atomic mass is 9.83. The van der Waals surface area contributed by atoms with Gasteiger partial charge in [-0.1, -0.05) is 6.92 Å². The number of piperidine rings is 2. The third-order valence-corrected chi connectivity index (χ3v) is 4.92. The van der Waals surface area contributed by atoms with Gasteiger partial charge < -0.3 is 10.2 Å². The van der Waals surface area contributed by atoms with E-state index >= 15 is 0 Å². The number of hydrogen-bond donors (Lipinski definition) is 1. The molecule has 2 saturated heterocycles. The summed E-state index contributed by atoms with van der Waals surface area (Å²) in [7, 11) is 0. The zero-order chi connectivity index (χ0) is 15.5. The fourth-order valence-corrected chi connectivity index (χ4v) is 3.46. The quantitative estimate of drug-likeness (QED) is 0.869. The Balaban J connectivity index is 1.84. The van der Waals surface area contributed by atoms with E-state index < -0.39 is 12.1 Å². The topological polar surface area (TPSA) is 32.3 Å². The first kappa shape index (κ1) is 16.6. The number of amides is 1. The van der Waals surface area contributed by atoms with Gasteiger partial charge >= 0.3 is 6.18 Å². The summed E-state index contributed by atoms with van der Waals surface area (Å²) in [5, 5.41) is 3.29.